The maximum absolute atomic E-state index is 4.71. The highest BCUT2D eigenvalue weighted by molar-refractivity contribution is 7.78. The predicted molar refractivity (Wildman–Crippen MR) is 56.2 cm³/mol. The molecule has 0 nitrogen and oxygen atoms in total. The second-order valence-electron chi connectivity index (χ2n) is 2.71. The summed E-state index contributed by atoms with van der Waals surface area (Å²) in [7, 11) is 0. The molecule has 0 fully saturated rings. The molecule has 0 N–H and O–H groups in total. The van der Waals surface area contributed by atoms with E-state index in [2.05, 4.69) is 19.1 Å². The van der Waals surface area contributed by atoms with Gasteiger partial charge in [0.15, 0.2) is 0 Å². The Bertz CT molecular complexity index is 105. The first-order valence-corrected chi connectivity index (χ1v) is 4.97. The van der Waals surface area contributed by atoms with Crippen LogP contribution in [-0.2, 0) is 0 Å². The van der Waals surface area contributed by atoms with Crippen molar-refractivity contribution >= 4 is 17.6 Å². The fraction of sp³-hybridized carbons (Fsp3) is 0.700. The van der Waals surface area contributed by atoms with Crippen LogP contribution in [0.5, 0.6) is 0 Å². The van der Waals surface area contributed by atoms with Crippen molar-refractivity contribution in [2.75, 3.05) is 0 Å². The number of thiocarbonyl (C=S) groups is 1. The maximum atomic E-state index is 4.71. The van der Waals surface area contributed by atoms with Crippen LogP contribution in [0.3, 0.4) is 0 Å². The van der Waals surface area contributed by atoms with Crippen LogP contribution >= 0.6 is 12.2 Å². The number of hydrogen-bond donors (Lipinski definition) is 0. The molecule has 0 aliphatic carbocycles. The Morgan fingerprint density at radius 1 is 1.00 bits per heavy atom. The highest BCUT2D eigenvalue weighted by atomic mass is 32.1. The van der Waals surface area contributed by atoms with Gasteiger partial charge in [0, 0.05) is 0 Å². The Morgan fingerprint density at radius 2 is 1.73 bits per heavy atom. The molecule has 0 saturated heterocycles. The van der Waals surface area contributed by atoms with Gasteiger partial charge in [-0.1, -0.05) is 44.1 Å². The number of rotatable bonds is 7. The van der Waals surface area contributed by atoms with Crippen molar-refractivity contribution in [3.8, 4) is 0 Å². The van der Waals surface area contributed by atoms with Crippen LogP contribution < -0.4 is 0 Å². The van der Waals surface area contributed by atoms with E-state index in [0.29, 0.717) is 0 Å². The van der Waals surface area contributed by atoms with E-state index in [1.807, 2.05) is 0 Å². The molecule has 0 amide bonds. The number of unbranched alkanes of at least 4 members (excludes halogenated alkanes) is 4. The van der Waals surface area contributed by atoms with Gasteiger partial charge in [-0.25, -0.2) is 0 Å². The quantitative estimate of drug-likeness (QED) is 0.317. The zero-order valence-corrected chi connectivity index (χ0v) is 8.20. The second kappa shape index (κ2) is 9.83. The Morgan fingerprint density at radius 3 is 2.36 bits per heavy atom. The fourth-order valence-corrected chi connectivity index (χ4v) is 1.05. The van der Waals surface area contributed by atoms with E-state index in [1.54, 1.807) is 5.37 Å². The molecule has 0 unspecified atom stereocenters. The van der Waals surface area contributed by atoms with Crippen LogP contribution in [0.4, 0.5) is 0 Å². The second-order valence-corrected chi connectivity index (χ2v) is 3.04. The third-order valence-electron chi connectivity index (χ3n) is 1.59. The van der Waals surface area contributed by atoms with Crippen molar-refractivity contribution in [3.63, 3.8) is 0 Å². The van der Waals surface area contributed by atoms with E-state index < -0.39 is 0 Å². The van der Waals surface area contributed by atoms with Gasteiger partial charge < -0.3 is 0 Å². The SMILES string of the molecule is CCCCC/C=C/CCC=S. The van der Waals surface area contributed by atoms with Gasteiger partial charge in [0.25, 0.3) is 0 Å². The molecule has 0 bridgehead atoms. The fourth-order valence-electron chi connectivity index (χ4n) is 0.912. The van der Waals surface area contributed by atoms with Crippen LogP contribution in [0.2, 0.25) is 0 Å². The molecule has 0 aromatic rings. The third kappa shape index (κ3) is 9.83. The van der Waals surface area contributed by atoms with E-state index in [4.69, 9.17) is 12.2 Å². The minimum absolute atomic E-state index is 1.04. The summed E-state index contributed by atoms with van der Waals surface area (Å²) in [4.78, 5) is 0. The lowest BCUT2D eigenvalue weighted by atomic mass is 10.2. The molecule has 0 spiro atoms. The molecule has 1 heteroatoms. The predicted octanol–water partition coefficient (Wildman–Crippen LogP) is 3.90. The molecule has 0 heterocycles. The first kappa shape index (κ1) is 10.8. The molecule has 0 aliphatic heterocycles. The van der Waals surface area contributed by atoms with Crippen molar-refractivity contribution < 1.29 is 0 Å². The summed E-state index contributed by atoms with van der Waals surface area (Å²) in [6.07, 6.45) is 11.9. The number of allylic oxidation sites excluding steroid dienone is 2. The van der Waals surface area contributed by atoms with Gasteiger partial charge in [-0.2, -0.15) is 0 Å². The minimum Gasteiger partial charge on any atom is -0.0935 e. The summed E-state index contributed by atoms with van der Waals surface area (Å²) in [5, 5.41) is 1.80. The van der Waals surface area contributed by atoms with Gasteiger partial charge in [-0.15, -0.1) is 0 Å². The van der Waals surface area contributed by atoms with Gasteiger partial charge in [0.05, 0.1) is 0 Å². The zero-order valence-electron chi connectivity index (χ0n) is 7.38. The van der Waals surface area contributed by atoms with Crippen LogP contribution in [0.1, 0.15) is 45.4 Å². The first-order valence-electron chi connectivity index (χ1n) is 4.50. The van der Waals surface area contributed by atoms with Crippen LogP contribution in [-0.4, -0.2) is 5.37 Å². The molecule has 0 aromatic carbocycles. The Balaban J connectivity index is 2.97. The molecule has 0 aliphatic rings. The molecular formula is C10H18S. The molecule has 0 atom stereocenters. The smallest absolute Gasteiger partial charge is 0.0207 e. The summed E-state index contributed by atoms with van der Waals surface area (Å²) in [5.41, 5.74) is 0. The third-order valence-corrected chi connectivity index (χ3v) is 1.83. The monoisotopic (exact) mass is 170 g/mol. The lowest BCUT2D eigenvalue weighted by molar-refractivity contribution is 0.728. The highest BCUT2D eigenvalue weighted by Gasteiger charge is 1.81. The van der Waals surface area contributed by atoms with Crippen molar-refractivity contribution in [3.05, 3.63) is 12.2 Å². The van der Waals surface area contributed by atoms with Crippen molar-refractivity contribution in [2.24, 2.45) is 0 Å². The largest absolute Gasteiger partial charge is 0.0935 e. The molecule has 0 aromatic heterocycles. The van der Waals surface area contributed by atoms with Crippen LogP contribution in [0, 0.1) is 0 Å². The van der Waals surface area contributed by atoms with E-state index in [0.717, 1.165) is 12.8 Å². The van der Waals surface area contributed by atoms with E-state index >= 15 is 0 Å². The Kier molecular flexibility index (Phi) is 9.68. The summed E-state index contributed by atoms with van der Waals surface area (Å²) in [6, 6.07) is 0. The lowest BCUT2D eigenvalue weighted by Gasteiger charge is -1.90. The van der Waals surface area contributed by atoms with E-state index in [9.17, 15) is 0 Å². The molecule has 0 rings (SSSR count). The van der Waals surface area contributed by atoms with E-state index in [-0.39, 0.29) is 0 Å². The maximum Gasteiger partial charge on any atom is -0.0207 e. The summed E-state index contributed by atoms with van der Waals surface area (Å²) < 4.78 is 0. The van der Waals surface area contributed by atoms with Gasteiger partial charge in [-0.3, -0.25) is 0 Å². The van der Waals surface area contributed by atoms with Crippen molar-refractivity contribution in [2.45, 2.75) is 45.4 Å². The van der Waals surface area contributed by atoms with Crippen LogP contribution in [0.25, 0.3) is 0 Å². The summed E-state index contributed by atoms with van der Waals surface area (Å²) >= 11 is 4.71. The highest BCUT2D eigenvalue weighted by Crippen LogP contribution is 2.00. The molecule has 0 saturated carbocycles. The normalized spacial score (nSPS) is 10.6. The Hall–Kier alpha value is -0.170. The Labute approximate surface area is 75.7 Å². The topological polar surface area (TPSA) is 0 Å². The molecule has 64 valence electrons. The molecule has 11 heavy (non-hydrogen) atoms. The molecular weight excluding hydrogens is 152 g/mol. The first-order chi connectivity index (χ1) is 5.41. The van der Waals surface area contributed by atoms with E-state index in [1.165, 1.54) is 25.7 Å². The lowest BCUT2D eigenvalue weighted by Crippen LogP contribution is -1.72. The average molecular weight is 170 g/mol. The zero-order chi connectivity index (χ0) is 8.36. The standard InChI is InChI=1S/C10H18S/c1-2-3-4-5-6-7-8-9-10-11/h6-7,10H,2-5,8-9H2,1H3/b7-6+. The van der Waals surface area contributed by atoms with Crippen molar-refractivity contribution in [1.29, 1.82) is 0 Å². The minimum atomic E-state index is 1.04. The van der Waals surface area contributed by atoms with Gasteiger partial charge in [-0.05, 0) is 31.1 Å². The van der Waals surface area contributed by atoms with Gasteiger partial charge in [0.1, 0.15) is 0 Å². The van der Waals surface area contributed by atoms with Gasteiger partial charge in [0.2, 0.25) is 0 Å². The summed E-state index contributed by atoms with van der Waals surface area (Å²) in [6.45, 7) is 2.23. The van der Waals surface area contributed by atoms with Crippen LogP contribution in [0.15, 0.2) is 12.2 Å². The number of hydrogen-bond acceptors (Lipinski definition) is 1. The van der Waals surface area contributed by atoms with Crippen molar-refractivity contribution in [1.82, 2.24) is 0 Å². The van der Waals surface area contributed by atoms with Gasteiger partial charge >= 0.3 is 0 Å². The molecule has 0 radical (unpaired) electrons. The summed E-state index contributed by atoms with van der Waals surface area (Å²) in [5.74, 6) is 0. The average Bonchev–Trinajstić information content (AvgIpc) is 2.03.